The van der Waals surface area contributed by atoms with Gasteiger partial charge >= 0.3 is 0 Å². The highest BCUT2D eigenvalue weighted by molar-refractivity contribution is 5.76. The van der Waals surface area contributed by atoms with E-state index in [9.17, 15) is 4.79 Å². The van der Waals surface area contributed by atoms with Crippen LogP contribution in [0.3, 0.4) is 0 Å². The fourth-order valence-corrected chi connectivity index (χ4v) is 2.60. The summed E-state index contributed by atoms with van der Waals surface area (Å²) in [6.07, 6.45) is 0.553. The van der Waals surface area contributed by atoms with Gasteiger partial charge in [0.25, 0.3) is 0 Å². The molecule has 0 unspecified atom stereocenters. The van der Waals surface area contributed by atoms with Gasteiger partial charge in [0.05, 0.1) is 19.3 Å². The van der Waals surface area contributed by atoms with Crippen LogP contribution in [0.4, 0.5) is 0 Å². The summed E-state index contributed by atoms with van der Waals surface area (Å²) in [5.41, 5.74) is 1.09. The average molecular weight is 331 g/mol. The van der Waals surface area contributed by atoms with Crippen molar-refractivity contribution in [1.29, 1.82) is 0 Å². The van der Waals surface area contributed by atoms with Crippen LogP contribution in [0.15, 0.2) is 30.3 Å². The Morgan fingerprint density at radius 1 is 1.42 bits per heavy atom. The minimum atomic E-state index is -0.169. The minimum absolute atomic E-state index is 0.0771. The first-order valence-electron chi connectivity index (χ1n) is 7.98. The number of carbonyl (C=O) groups is 1. The van der Waals surface area contributed by atoms with Gasteiger partial charge in [0.1, 0.15) is 18.5 Å². The van der Waals surface area contributed by atoms with Gasteiger partial charge in [0.15, 0.2) is 0 Å². The monoisotopic (exact) mass is 331 g/mol. The van der Waals surface area contributed by atoms with Crippen LogP contribution in [0.25, 0.3) is 0 Å². The maximum Gasteiger partial charge on any atom is 0.242 e. The molecule has 0 aliphatic carbocycles. The Kier molecular flexibility index (Phi) is 5.50. The number of amides is 1. The van der Waals surface area contributed by atoms with Crippen molar-refractivity contribution < 1.29 is 14.3 Å². The van der Waals surface area contributed by atoms with Crippen LogP contribution >= 0.6 is 0 Å². The van der Waals surface area contributed by atoms with Gasteiger partial charge in [-0.3, -0.25) is 4.79 Å². The molecule has 2 aromatic rings. The number of hydrogen-bond donors (Lipinski definition) is 1. The maximum absolute atomic E-state index is 12.2. The van der Waals surface area contributed by atoms with Crippen molar-refractivity contribution >= 4 is 5.91 Å². The van der Waals surface area contributed by atoms with E-state index in [0.29, 0.717) is 25.6 Å². The van der Waals surface area contributed by atoms with E-state index in [4.69, 9.17) is 9.47 Å². The molecule has 1 amide bonds. The maximum atomic E-state index is 12.2. The summed E-state index contributed by atoms with van der Waals surface area (Å²) >= 11 is 0. The lowest BCUT2D eigenvalue weighted by Gasteiger charge is -2.32. The van der Waals surface area contributed by atoms with Gasteiger partial charge in [-0.1, -0.05) is 30.3 Å². The van der Waals surface area contributed by atoms with Gasteiger partial charge in [-0.2, -0.15) is 0 Å². The van der Waals surface area contributed by atoms with Crippen molar-refractivity contribution in [3.8, 4) is 0 Å². The Balaban J connectivity index is 1.54. The Hall–Kier alpha value is -2.32. The fraction of sp³-hybridized carbons (Fsp3) is 0.500. The van der Waals surface area contributed by atoms with Crippen LogP contribution in [-0.4, -0.2) is 51.5 Å². The van der Waals surface area contributed by atoms with Crippen molar-refractivity contribution in [3.63, 3.8) is 0 Å². The molecule has 8 heteroatoms. The second-order valence-electron chi connectivity index (χ2n) is 5.76. The topological polar surface area (TPSA) is 91.2 Å². The number of carbonyl (C=O) groups excluding carboxylic acids is 1. The van der Waals surface area contributed by atoms with Gasteiger partial charge in [0, 0.05) is 6.61 Å². The number of tetrazole rings is 1. The van der Waals surface area contributed by atoms with E-state index in [-0.39, 0.29) is 24.6 Å². The first-order chi connectivity index (χ1) is 11.7. The summed E-state index contributed by atoms with van der Waals surface area (Å²) in [7, 11) is 0. The predicted molar refractivity (Wildman–Crippen MR) is 84.9 cm³/mol. The number of rotatable bonds is 6. The summed E-state index contributed by atoms with van der Waals surface area (Å²) in [5, 5.41) is 14.1. The molecule has 3 rings (SSSR count). The van der Waals surface area contributed by atoms with E-state index < -0.39 is 0 Å². The summed E-state index contributed by atoms with van der Waals surface area (Å²) in [6.45, 7) is 3.43. The molecule has 1 aromatic carbocycles. The first-order valence-corrected chi connectivity index (χ1v) is 7.98. The van der Waals surface area contributed by atoms with Crippen molar-refractivity contribution in [2.24, 2.45) is 0 Å². The highest BCUT2D eigenvalue weighted by Gasteiger charge is 2.28. The van der Waals surface area contributed by atoms with Gasteiger partial charge in [0.2, 0.25) is 5.91 Å². The van der Waals surface area contributed by atoms with Crippen molar-refractivity contribution in [2.45, 2.75) is 38.6 Å². The van der Waals surface area contributed by atoms with Crippen LogP contribution in [0.5, 0.6) is 0 Å². The average Bonchev–Trinajstić information content (AvgIpc) is 3.00. The third-order valence-electron chi connectivity index (χ3n) is 3.96. The number of nitrogens with one attached hydrogen (secondary N) is 1. The highest BCUT2D eigenvalue weighted by Crippen LogP contribution is 2.14. The minimum Gasteiger partial charge on any atom is -0.379 e. The van der Waals surface area contributed by atoms with Crippen LogP contribution < -0.4 is 5.32 Å². The molecule has 2 heterocycles. The van der Waals surface area contributed by atoms with Gasteiger partial charge < -0.3 is 14.8 Å². The molecular weight excluding hydrogens is 310 g/mol. The summed E-state index contributed by atoms with van der Waals surface area (Å²) in [6, 6.07) is 9.87. The van der Waals surface area contributed by atoms with E-state index in [1.165, 1.54) is 4.68 Å². The quantitative estimate of drug-likeness (QED) is 0.827. The van der Waals surface area contributed by atoms with Crippen LogP contribution in [-0.2, 0) is 27.4 Å². The lowest BCUT2D eigenvalue weighted by Crippen LogP contribution is -2.50. The fourth-order valence-electron chi connectivity index (χ4n) is 2.60. The Morgan fingerprint density at radius 3 is 3.00 bits per heavy atom. The zero-order valence-corrected chi connectivity index (χ0v) is 13.6. The Morgan fingerprint density at radius 2 is 2.25 bits per heavy atom. The van der Waals surface area contributed by atoms with Gasteiger partial charge in [-0.05, 0) is 29.3 Å². The zero-order chi connectivity index (χ0) is 16.8. The van der Waals surface area contributed by atoms with Gasteiger partial charge in [-0.25, -0.2) is 4.68 Å². The number of nitrogens with zero attached hydrogens (tertiary/aromatic N) is 4. The number of aryl methyl sites for hydroxylation is 1. The highest BCUT2D eigenvalue weighted by atomic mass is 16.5. The third-order valence-corrected chi connectivity index (χ3v) is 3.96. The van der Waals surface area contributed by atoms with E-state index in [1.54, 1.807) is 6.92 Å². The molecule has 2 atom stereocenters. The Bertz CT molecular complexity index is 661. The second-order valence-corrected chi connectivity index (χ2v) is 5.76. The summed E-state index contributed by atoms with van der Waals surface area (Å²) in [4.78, 5) is 12.2. The number of aromatic nitrogens is 4. The first kappa shape index (κ1) is 16.5. The number of hydrogen-bond acceptors (Lipinski definition) is 6. The van der Waals surface area contributed by atoms with Crippen LogP contribution in [0, 0.1) is 6.92 Å². The van der Waals surface area contributed by atoms with Crippen LogP contribution in [0.2, 0.25) is 0 Å². The largest absolute Gasteiger partial charge is 0.379 e. The second kappa shape index (κ2) is 7.98. The lowest BCUT2D eigenvalue weighted by atomic mass is 10.1. The lowest BCUT2D eigenvalue weighted by molar-refractivity contribution is -0.127. The van der Waals surface area contributed by atoms with E-state index >= 15 is 0 Å². The summed E-state index contributed by atoms with van der Waals surface area (Å²) in [5.74, 6) is 0.472. The van der Waals surface area contributed by atoms with Crippen molar-refractivity contribution in [1.82, 2.24) is 25.5 Å². The zero-order valence-electron chi connectivity index (χ0n) is 13.6. The molecule has 0 spiro atoms. The third kappa shape index (κ3) is 4.36. The van der Waals surface area contributed by atoms with Gasteiger partial charge in [-0.15, -0.1) is 5.10 Å². The molecule has 1 saturated heterocycles. The molecule has 0 radical (unpaired) electrons. The molecule has 1 N–H and O–H groups in total. The number of benzene rings is 1. The van der Waals surface area contributed by atoms with Crippen LogP contribution in [0.1, 0.15) is 17.8 Å². The molecule has 1 fully saturated rings. The Labute approximate surface area is 140 Å². The predicted octanol–water partition coefficient (Wildman–Crippen LogP) is 0.472. The molecular formula is C16H21N5O3. The molecule has 24 heavy (non-hydrogen) atoms. The SMILES string of the molecule is Cc1nnnn1CC(=O)N[C@@H]1CCOC[C@H]1OCc1ccccc1. The molecule has 1 aliphatic heterocycles. The summed E-state index contributed by atoms with van der Waals surface area (Å²) < 4.78 is 12.9. The molecule has 1 aromatic heterocycles. The molecule has 1 aliphatic rings. The molecule has 0 saturated carbocycles. The van der Waals surface area contributed by atoms with Crippen molar-refractivity contribution in [3.05, 3.63) is 41.7 Å². The normalized spacial score (nSPS) is 20.7. The van der Waals surface area contributed by atoms with E-state index in [1.807, 2.05) is 30.3 Å². The van der Waals surface area contributed by atoms with Crippen molar-refractivity contribution in [2.75, 3.05) is 13.2 Å². The standard InChI is InChI=1S/C16H21N5O3/c1-12-18-19-20-21(12)9-16(22)17-14-7-8-23-11-15(14)24-10-13-5-3-2-4-6-13/h2-6,14-15H,7-11H2,1H3,(H,17,22)/t14-,15-/m1/s1. The molecule has 0 bridgehead atoms. The molecule has 128 valence electrons. The molecule has 8 nitrogen and oxygen atoms in total. The number of ether oxygens (including phenoxy) is 2. The van der Waals surface area contributed by atoms with E-state index in [0.717, 1.165) is 12.0 Å². The smallest absolute Gasteiger partial charge is 0.242 e. The van der Waals surface area contributed by atoms with E-state index in [2.05, 4.69) is 20.8 Å².